The molecule has 1 aliphatic carbocycles. The van der Waals surface area contributed by atoms with Crippen LogP contribution in [0.4, 0.5) is 4.79 Å². The number of nitrogens with zero attached hydrogens (tertiary/aromatic N) is 2. The van der Waals surface area contributed by atoms with Gasteiger partial charge in [-0.3, -0.25) is 4.99 Å². The van der Waals surface area contributed by atoms with Crippen LogP contribution < -0.4 is 11.1 Å². The smallest absolute Gasteiger partial charge is 0.410 e. The van der Waals surface area contributed by atoms with E-state index in [1.807, 2.05) is 20.8 Å². The molecule has 2 fully saturated rings. The van der Waals surface area contributed by atoms with Gasteiger partial charge in [0.1, 0.15) is 5.60 Å². The van der Waals surface area contributed by atoms with Crippen molar-refractivity contribution in [3.05, 3.63) is 0 Å². The summed E-state index contributed by atoms with van der Waals surface area (Å²) in [4.78, 5) is 18.4. The Morgan fingerprint density at radius 1 is 1.12 bits per heavy atom. The molecule has 0 unspecified atom stereocenters. The van der Waals surface area contributed by atoms with E-state index in [-0.39, 0.29) is 6.09 Å². The highest BCUT2D eigenvalue weighted by molar-refractivity contribution is 5.78. The van der Waals surface area contributed by atoms with Crippen molar-refractivity contribution in [1.82, 2.24) is 10.2 Å². The first-order chi connectivity index (χ1) is 11.8. The Morgan fingerprint density at radius 3 is 2.28 bits per heavy atom. The number of rotatable bonds is 3. The zero-order valence-electron chi connectivity index (χ0n) is 16.2. The molecular formula is C19H36N4O2. The Morgan fingerprint density at radius 2 is 1.72 bits per heavy atom. The number of piperidine rings is 1. The Balaban J connectivity index is 1.69. The molecule has 0 bridgehead atoms. The Hall–Kier alpha value is -1.46. The highest BCUT2D eigenvalue weighted by atomic mass is 16.6. The van der Waals surface area contributed by atoms with Gasteiger partial charge < -0.3 is 20.7 Å². The summed E-state index contributed by atoms with van der Waals surface area (Å²) in [6.45, 7) is 7.92. The fourth-order valence-electron chi connectivity index (χ4n) is 3.53. The highest BCUT2D eigenvalue weighted by Crippen LogP contribution is 2.20. The van der Waals surface area contributed by atoms with Crippen LogP contribution in [0.15, 0.2) is 4.99 Å². The fraction of sp³-hybridized carbons (Fsp3) is 0.895. The third-order valence-corrected chi connectivity index (χ3v) is 4.99. The molecule has 1 aliphatic heterocycles. The monoisotopic (exact) mass is 352 g/mol. The Labute approximate surface area is 152 Å². The second kappa shape index (κ2) is 9.30. The maximum absolute atomic E-state index is 12.1. The molecule has 2 rings (SSSR count). The average Bonchev–Trinajstić information content (AvgIpc) is 2.80. The molecule has 0 spiro atoms. The van der Waals surface area contributed by atoms with Crippen LogP contribution in [-0.2, 0) is 4.74 Å². The van der Waals surface area contributed by atoms with E-state index >= 15 is 0 Å². The highest BCUT2D eigenvalue weighted by Gasteiger charge is 2.26. The Bertz CT molecular complexity index is 443. The summed E-state index contributed by atoms with van der Waals surface area (Å²) in [6, 6.07) is 0.486. The van der Waals surface area contributed by atoms with Crippen molar-refractivity contribution in [3.63, 3.8) is 0 Å². The van der Waals surface area contributed by atoms with Gasteiger partial charge in [-0.05, 0) is 52.4 Å². The van der Waals surface area contributed by atoms with Gasteiger partial charge in [0.2, 0.25) is 0 Å². The average molecular weight is 353 g/mol. The molecule has 1 saturated heterocycles. The normalized spacial score (nSPS) is 21.7. The van der Waals surface area contributed by atoms with Crippen molar-refractivity contribution in [2.75, 3.05) is 19.6 Å². The molecule has 0 aromatic rings. The molecule has 2 aliphatic rings. The maximum Gasteiger partial charge on any atom is 0.410 e. The second-order valence-electron chi connectivity index (χ2n) is 8.47. The zero-order valence-corrected chi connectivity index (χ0v) is 16.2. The lowest BCUT2D eigenvalue weighted by Crippen LogP contribution is -2.43. The van der Waals surface area contributed by atoms with Gasteiger partial charge in [0.15, 0.2) is 5.96 Å². The molecule has 0 aromatic carbocycles. The number of nitrogens with two attached hydrogens (primary N) is 1. The van der Waals surface area contributed by atoms with Crippen molar-refractivity contribution in [3.8, 4) is 0 Å². The third-order valence-electron chi connectivity index (χ3n) is 4.99. The van der Waals surface area contributed by atoms with Crippen molar-refractivity contribution in [2.45, 2.75) is 83.8 Å². The standard InChI is InChI=1S/C19H36N4O2/c1-19(2,3)25-18(24)23-12-10-15(11-13-23)14-21-17(20)22-16-8-6-4-5-7-9-16/h15-16H,4-14H2,1-3H3,(H3,20,21,22). The molecule has 1 amide bonds. The maximum atomic E-state index is 12.1. The second-order valence-corrected chi connectivity index (χ2v) is 8.47. The molecular weight excluding hydrogens is 316 g/mol. The SMILES string of the molecule is CC(C)(C)OC(=O)N1CCC(CN=C(N)NC2CCCCCC2)CC1. The summed E-state index contributed by atoms with van der Waals surface area (Å²) in [6.07, 6.45) is 9.36. The van der Waals surface area contributed by atoms with E-state index in [1.165, 1.54) is 38.5 Å². The minimum atomic E-state index is -0.434. The molecule has 0 radical (unpaired) electrons. The van der Waals surface area contributed by atoms with Crippen molar-refractivity contribution < 1.29 is 9.53 Å². The van der Waals surface area contributed by atoms with E-state index in [2.05, 4.69) is 10.3 Å². The predicted octanol–water partition coefficient (Wildman–Crippen LogP) is 3.26. The van der Waals surface area contributed by atoms with Gasteiger partial charge in [-0.1, -0.05) is 25.7 Å². The molecule has 1 saturated carbocycles. The molecule has 6 nitrogen and oxygen atoms in total. The van der Waals surface area contributed by atoms with E-state index in [0.29, 0.717) is 17.9 Å². The molecule has 0 atom stereocenters. The van der Waals surface area contributed by atoms with Crippen molar-refractivity contribution in [2.24, 2.45) is 16.6 Å². The lowest BCUT2D eigenvalue weighted by atomic mass is 9.97. The number of ether oxygens (including phenoxy) is 1. The molecule has 6 heteroatoms. The first-order valence-electron chi connectivity index (χ1n) is 9.88. The third kappa shape index (κ3) is 7.53. The fourth-order valence-corrected chi connectivity index (χ4v) is 3.53. The van der Waals surface area contributed by atoms with Crippen LogP contribution in [0.2, 0.25) is 0 Å². The van der Waals surface area contributed by atoms with Gasteiger partial charge in [-0.25, -0.2) is 4.79 Å². The minimum Gasteiger partial charge on any atom is -0.444 e. The first-order valence-corrected chi connectivity index (χ1v) is 9.88. The van der Waals surface area contributed by atoms with Crippen molar-refractivity contribution >= 4 is 12.1 Å². The van der Waals surface area contributed by atoms with Crippen molar-refractivity contribution in [1.29, 1.82) is 0 Å². The van der Waals surface area contributed by atoms with Crippen LogP contribution in [0.5, 0.6) is 0 Å². The van der Waals surface area contributed by atoms with Gasteiger partial charge in [0.25, 0.3) is 0 Å². The summed E-state index contributed by atoms with van der Waals surface area (Å²) in [5.74, 6) is 1.08. The quantitative estimate of drug-likeness (QED) is 0.464. The van der Waals surface area contributed by atoms with E-state index in [4.69, 9.17) is 10.5 Å². The van der Waals surface area contributed by atoms with Crippen LogP contribution in [0.3, 0.4) is 0 Å². The summed E-state index contributed by atoms with van der Waals surface area (Å²) >= 11 is 0. The number of aliphatic imine (C=N–C) groups is 1. The lowest BCUT2D eigenvalue weighted by molar-refractivity contribution is 0.0187. The summed E-state index contributed by atoms with van der Waals surface area (Å²) in [7, 11) is 0. The molecule has 3 N–H and O–H groups in total. The zero-order chi connectivity index (χ0) is 18.3. The Kier molecular flexibility index (Phi) is 7.38. The minimum absolute atomic E-state index is 0.205. The van der Waals surface area contributed by atoms with E-state index in [9.17, 15) is 4.79 Å². The number of amides is 1. The molecule has 25 heavy (non-hydrogen) atoms. The predicted molar refractivity (Wildman–Crippen MR) is 102 cm³/mol. The van der Waals surface area contributed by atoms with Crippen LogP contribution in [0.25, 0.3) is 0 Å². The lowest BCUT2D eigenvalue weighted by Gasteiger charge is -2.33. The van der Waals surface area contributed by atoms with Gasteiger partial charge in [-0.15, -0.1) is 0 Å². The molecule has 1 heterocycles. The number of guanidine groups is 1. The summed E-state index contributed by atoms with van der Waals surface area (Å²) in [5, 5.41) is 3.39. The van der Waals surface area contributed by atoms with E-state index in [0.717, 1.165) is 32.5 Å². The van der Waals surface area contributed by atoms with Crippen LogP contribution in [0.1, 0.15) is 72.1 Å². The number of hydrogen-bond donors (Lipinski definition) is 2. The van der Waals surface area contributed by atoms with E-state index in [1.54, 1.807) is 4.90 Å². The number of nitrogens with one attached hydrogen (secondary N) is 1. The summed E-state index contributed by atoms with van der Waals surface area (Å²) in [5.41, 5.74) is 5.64. The van der Waals surface area contributed by atoms with E-state index < -0.39 is 5.60 Å². The van der Waals surface area contributed by atoms with Crippen LogP contribution in [-0.4, -0.2) is 48.2 Å². The number of likely N-dealkylation sites (tertiary alicyclic amines) is 1. The van der Waals surface area contributed by atoms with Gasteiger partial charge in [0, 0.05) is 25.7 Å². The van der Waals surface area contributed by atoms with Crippen LogP contribution >= 0.6 is 0 Å². The van der Waals surface area contributed by atoms with Gasteiger partial charge >= 0.3 is 6.09 Å². The topological polar surface area (TPSA) is 80.0 Å². The first kappa shape index (κ1) is 19.9. The summed E-state index contributed by atoms with van der Waals surface area (Å²) < 4.78 is 5.43. The van der Waals surface area contributed by atoms with Gasteiger partial charge in [0.05, 0.1) is 0 Å². The number of carbonyl (C=O) groups excluding carboxylic acids is 1. The largest absolute Gasteiger partial charge is 0.444 e. The molecule has 0 aromatic heterocycles. The molecule has 144 valence electrons. The van der Waals surface area contributed by atoms with Crippen LogP contribution in [0, 0.1) is 5.92 Å². The number of hydrogen-bond acceptors (Lipinski definition) is 3. The van der Waals surface area contributed by atoms with Gasteiger partial charge in [-0.2, -0.15) is 0 Å². The number of carbonyl (C=O) groups is 1.